The van der Waals surface area contributed by atoms with E-state index in [1.54, 1.807) is 11.8 Å². The molecule has 126 valence electrons. The maximum Gasteiger partial charge on any atom is 0.338 e. The molecule has 0 N–H and O–H groups in total. The number of ether oxygens (including phenoxy) is 1. The van der Waals surface area contributed by atoms with E-state index >= 15 is 0 Å². The summed E-state index contributed by atoms with van der Waals surface area (Å²) in [5.74, 6) is -0.300. The van der Waals surface area contributed by atoms with Gasteiger partial charge in [0.2, 0.25) is 0 Å². The quantitative estimate of drug-likeness (QED) is 0.762. The van der Waals surface area contributed by atoms with E-state index in [2.05, 4.69) is 17.0 Å². The molecule has 4 rings (SSSR count). The van der Waals surface area contributed by atoms with Crippen LogP contribution in [0.2, 0.25) is 0 Å². The standard InChI is InChI=1S/C20H18N2O2S/c1-3-24-19(23)17-13(2)21-20-22(15-11-7-8-12-16(15)25-20)18(17)14-9-5-4-6-10-14/h4-12,18H,3H2,1-2H3/t18-/m0/s1. The fourth-order valence-corrected chi connectivity index (χ4v) is 4.37. The van der Waals surface area contributed by atoms with Gasteiger partial charge in [0.05, 0.1) is 29.6 Å². The van der Waals surface area contributed by atoms with E-state index in [4.69, 9.17) is 9.73 Å². The van der Waals surface area contributed by atoms with Crippen molar-refractivity contribution in [1.29, 1.82) is 0 Å². The summed E-state index contributed by atoms with van der Waals surface area (Å²) in [5, 5.41) is 0.903. The first-order valence-electron chi connectivity index (χ1n) is 8.28. The van der Waals surface area contributed by atoms with Gasteiger partial charge >= 0.3 is 5.97 Å². The smallest absolute Gasteiger partial charge is 0.338 e. The summed E-state index contributed by atoms with van der Waals surface area (Å²) in [7, 11) is 0. The minimum atomic E-state index is -0.300. The maximum absolute atomic E-state index is 12.7. The van der Waals surface area contributed by atoms with E-state index in [9.17, 15) is 4.79 Å². The van der Waals surface area contributed by atoms with Crippen LogP contribution in [0.4, 0.5) is 5.69 Å². The predicted molar refractivity (Wildman–Crippen MR) is 101 cm³/mol. The van der Waals surface area contributed by atoms with Gasteiger partial charge in [-0.1, -0.05) is 42.5 Å². The molecular formula is C20H18N2O2S. The number of esters is 1. The Hall–Kier alpha value is -2.53. The molecule has 0 radical (unpaired) electrons. The Kier molecular flexibility index (Phi) is 4.09. The number of para-hydroxylation sites is 1. The lowest BCUT2D eigenvalue weighted by Crippen LogP contribution is -2.37. The minimum absolute atomic E-state index is 0.233. The van der Waals surface area contributed by atoms with E-state index in [-0.39, 0.29) is 12.0 Å². The van der Waals surface area contributed by atoms with Crippen molar-refractivity contribution >= 4 is 28.6 Å². The highest BCUT2D eigenvalue weighted by atomic mass is 32.2. The van der Waals surface area contributed by atoms with Crippen molar-refractivity contribution in [3.05, 3.63) is 71.4 Å². The highest BCUT2D eigenvalue weighted by Gasteiger charge is 2.41. The van der Waals surface area contributed by atoms with Crippen LogP contribution in [-0.2, 0) is 9.53 Å². The largest absolute Gasteiger partial charge is 0.463 e. The van der Waals surface area contributed by atoms with Crippen molar-refractivity contribution in [3.63, 3.8) is 0 Å². The molecule has 0 fully saturated rings. The maximum atomic E-state index is 12.7. The zero-order valence-electron chi connectivity index (χ0n) is 14.1. The van der Waals surface area contributed by atoms with Crippen molar-refractivity contribution in [3.8, 4) is 0 Å². The van der Waals surface area contributed by atoms with Gasteiger partial charge in [-0.15, -0.1) is 0 Å². The summed E-state index contributed by atoms with van der Waals surface area (Å²) >= 11 is 1.64. The van der Waals surface area contributed by atoms with Crippen LogP contribution in [-0.4, -0.2) is 17.7 Å². The van der Waals surface area contributed by atoms with Crippen LogP contribution in [0.3, 0.4) is 0 Å². The Balaban J connectivity index is 1.90. The molecule has 2 aliphatic rings. The Bertz CT molecular complexity index is 890. The van der Waals surface area contributed by atoms with Gasteiger partial charge in [0.25, 0.3) is 0 Å². The molecule has 25 heavy (non-hydrogen) atoms. The minimum Gasteiger partial charge on any atom is -0.463 e. The van der Waals surface area contributed by atoms with Crippen LogP contribution in [0.1, 0.15) is 25.5 Å². The number of hydrogen-bond donors (Lipinski definition) is 0. The second-order valence-electron chi connectivity index (χ2n) is 5.87. The van der Waals surface area contributed by atoms with Crippen molar-refractivity contribution in [2.45, 2.75) is 24.8 Å². The lowest BCUT2D eigenvalue weighted by Gasteiger charge is -2.34. The second kappa shape index (κ2) is 6.41. The van der Waals surface area contributed by atoms with E-state index < -0.39 is 0 Å². The van der Waals surface area contributed by atoms with Crippen LogP contribution >= 0.6 is 11.8 Å². The van der Waals surface area contributed by atoms with Crippen molar-refractivity contribution in [2.24, 2.45) is 4.99 Å². The average molecular weight is 350 g/mol. The highest BCUT2D eigenvalue weighted by molar-refractivity contribution is 8.14. The van der Waals surface area contributed by atoms with Gasteiger partial charge in [0, 0.05) is 4.90 Å². The molecule has 0 unspecified atom stereocenters. The summed E-state index contributed by atoms with van der Waals surface area (Å²) in [5.41, 5.74) is 3.46. The normalized spacial score (nSPS) is 18.6. The number of nitrogens with zero attached hydrogens (tertiary/aromatic N) is 2. The molecule has 0 spiro atoms. The van der Waals surface area contributed by atoms with Crippen LogP contribution in [0.15, 0.2) is 75.8 Å². The molecule has 2 heterocycles. The Morgan fingerprint density at radius 3 is 2.64 bits per heavy atom. The summed E-state index contributed by atoms with van der Waals surface area (Å²) in [6.45, 7) is 4.05. The molecule has 2 aliphatic heterocycles. The zero-order chi connectivity index (χ0) is 17.4. The fraction of sp³-hybridized carbons (Fsp3) is 0.200. The molecule has 4 nitrogen and oxygen atoms in total. The average Bonchev–Trinajstić information content (AvgIpc) is 2.99. The SMILES string of the molecule is CCOC(=O)C1=C(C)N=C2Sc3ccccc3N2[C@H]1c1ccccc1. The predicted octanol–water partition coefficient (Wildman–Crippen LogP) is 4.55. The lowest BCUT2D eigenvalue weighted by atomic mass is 9.94. The zero-order valence-corrected chi connectivity index (χ0v) is 14.9. The molecule has 0 bridgehead atoms. The topological polar surface area (TPSA) is 41.9 Å². The molecule has 0 saturated carbocycles. The van der Waals surface area contributed by atoms with Crippen LogP contribution in [0, 0.1) is 0 Å². The summed E-state index contributed by atoms with van der Waals surface area (Å²) in [6.07, 6.45) is 0. The van der Waals surface area contributed by atoms with Gasteiger partial charge in [0.15, 0.2) is 5.17 Å². The number of carbonyl (C=O) groups is 1. The van der Waals surface area contributed by atoms with E-state index in [0.717, 1.165) is 27.0 Å². The van der Waals surface area contributed by atoms with E-state index in [1.807, 2.05) is 56.3 Å². The van der Waals surface area contributed by atoms with Crippen LogP contribution in [0.5, 0.6) is 0 Å². The van der Waals surface area contributed by atoms with E-state index in [1.165, 1.54) is 0 Å². The molecule has 0 aliphatic carbocycles. The monoisotopic (exact) mass is 350 g/mol. The number of amidine groups is 1. The first kappa shape index (κ1) is 16.0. The molecule has 2 aromatic rings. The Morgan fingerprint density at radius 2 is 1.88 bits per heavy atom. The third-order valence-corrected chi connectivity index (χ3v) is 5.36. The lowest BCUT2D eigenvalue weighted by molar-refractivity contribution is -0.138. The van der Waals surface area contributed by atoms with E-state index in [0.29, 0.717) is 12.2 Å². The number of thioether (sulfide) groups is 1. The summed E-state index contributed by atoms with van der Waals surface area (Å²) < 4.78 is 5.34. The highest BCUT2D eigenvalue weighted by Crippen LogP contribution is 2.49. The third kappa shape index (κ3) is 2.65. The number of aliphatic imine (C=N–C) groups is 1. The molecule has 0 amide bonds. The van der Waals surface area contributed by atoms with Gasteiger partial charge in [-0.3, -0.25) is 0 Å². The Labute approximate surface area is 151 Å². The third-order valence-electron chi connectivity index (χ3n) is 4.33. The molecule has 0 saturated heterocycles. The number of fused-ring (bicyclic) bond motifs is 3. The van der Waals surface area contributed by atoms with Crippen molar-refractivity contribution in [2.75, 3.05) is 11.5 Å². The number of anilines is 1. The number of carbonyl (C=O) groups excluding carboxylic acids is 1. The molecule has 0 aromatic heterocycles. The van der Waals surface area contributed by atoms with Crippen LogP contribution in [0.25, 0.3) is 0 Å². The molecule has 5 heteroatoms. The first-order chi connectivity index (χ1) is 12.2. The van der Waals surface area contributed by atoms with Gasteiger partial charge in [-0.05, 0) is 43.3 Å². The van der Waals surface area contributed by atoms with Crippen LogP contribution < -0.4 is 4.90 Å². The molecule has 2 aromatic carbocycles. The van der Waals surface area contributed by atoms with Crippen molar-refractivity contribution < 1.29 is 9.53 Å². The number of hydrogen-bond acceptors (Lipinski definition) is 5. The van der Waals surface area contributed by atoms with Gasteiger partial charge in [-0.25, -0.2) is 9.79 Å². The van der Waals surface area contributed by atoms with Gasteiger partial charge in [-0.2, -0.15) is 0 Å². The number of allylic oxidation sites excluding steroid dienone is 1. The first-order valence-corrected chi connectivity index (χ1v) is 9.10. The number of rotatable bonds is 3. The molecular weight excluding hydrogens is 332 g/mol. The second-order valence-corrected chi connectivity index (χ2v) is 6.88. The summed E-state index contributed by atoms with van der Waals surface area (Å²) in [6, 6.07) is 18.0. The molecule has 1 atom stereocenters. The summed E-state index contributed by atoms with van der Waals surface area (Å²) in [4.78, 5) is 20.7. The number of benzene rings is 2. The van der Waals surface area contributed by atoms with Crippen molar-refractivity contribution in [1.82, 2.24) is 0 Å². The van der Waals surface area contributed by atoms with Gasteiger partial charge < -0.3 is 9.64 Å². The van der Waals surface area contributed by atoms with Gasteiger partial charge in [0.1, 0.15) is 0 Å². The fourth-order valence-electron chi connectivity index (χ4n) is 3.27. The Morgan fingerprint density at radius 1 is 1.16 bits per heavy atom.